The van der Waals surface area contributed by atoms with Crippen LogP contribution in [0.5, 0.6) is 0 Å². The van der Waals surface area contributed by atoms with E-state index in [0.29, 0.717) is 11.1 Å². The largest absolute Gasteiger partial charge is 0.465 e. The van der Waals surface area contributed by atoms with E-state index in [2.05, 4.69) is 9.72 Å². The van der Waals surface area contributed by atoms with Crippen LogP contribution in [0.1, 0.15) is 26.4 Å². The lowest BCUT2D eigenvalue weighted by Crippen LogP contribution is -2.00. The molecular formula is C12H11NO3. The predicted molar refractivity (Wildman–Crippen MR) is 59.8 cm³/mol. The van der Waals surface area contributed by atoms with Gasteiger partial charge >= 0.3 is 5.97 Å². The zero-order chi connectivity index (χ0) is 11.7. The number of esters is 1. The molecule has 16 heavy (non-hydrogen) atoms. The number of carbonyl (C=O) groups excluding carboxylic acids is 2. The van der Waals surface area contributed by atoms with Crippen molar-refractivity contribution >= 4 is 23.2 Å². The monoisotopic (exact) mass is 217 g/mol. The molecule has 0 spiro atoms. The van der Waals surface area contributed by atoms with Gasteiger partial charge in [0.25, 0.3) is 0 Å². The number of hydrogen-bond acceptors (Lipinski definition) is 3. The van der Waals surface area contributed by atoms with Gasteiger partial charge in [-0.05, 0) is 25.1 Å². The number of benzene rings is 1. The Labute approximate surface area is 92.2 Å². The minimum absolute atomic E-state index is 0.405. The molecule has 2 aromatic rings. The van der Waals surface area contributed by atoms with Gasteiger partial charge in [-0.3, -0.25) is 4.79 Å². The summed E-state index contributed by atoms with van der Waals surface area (Å²) in [5.74, 6) is -0.405. The van der Waals surface area contributed by atoms with Crippen molar-refractivity contribution in [2.24, 2.45) is 0 Å². The molecule has 0 amide bonds. The molecule has 4 heteroatoms. The highest BCUT2D eigenvalue weighted by Gasteiger charge is 2.11. The molecule has 0 fully saturated rings. The van der Waals surface area contributed by atoms with Crippen LogP contribution in [0, 0.1) is 6.92 Å². The molecule has 0 radical (unpaired) electrons. The summed E-state index contributed by atoms with van der Waals surface area (Å²) in [6.07, 6.45) is 0.787. The Morgan fingerprint density at radius 1 is 1.44 bits per heavy atom. The second kappa shape index (κ2) is 3.81. The maximum atomic E-state index is 11.3. The summed E-state index contributed by atoms with van der Waals surface area (Å²) in [5, 5.41) is 0.746. The first-order valence-corrected chi connectivity index (χ1v) is 4.83. The van der Waals surface area contributed by atoms with Gasteiger partial charge < -0.3 is 9.72 Å². The first-order valence-electron chi connectivity index (χ1n) is 4.83. The topological polar surface area (TPSA) is 59.2 Å². The Morgan fingerprint density at radius 3 is 2.81 bits per heavy atom. The quantitative estimate of drug-likeness (QED) is 0.618. The van der Waals surface area contributed by atoms with Gasteiger partial charge in [-0.1, -0.05) is 0 Å². The van der Waals surface area contributed by atoms with Crippen molar-refractivity contribution in [1.82, 2.24) is 4.98 Å². The average molecular weight is 217 g/mol. The van der Waals surface area contributed by atoms with Crippen molar-refractivity contribution in [3.63, 3.8) is 0 Å². The van der Waals surface area contributed by atoms with E-state index >= 15 is 0 Å². The van der Waals surface area contributed by atoms with Crippen molar-refractivity contribution in [1.29, 1.82) is 0 Å². The van der Waals surface area contributed by atoms with E-state index in [-0.39, 0.29) is 0 Å². The maximum absolute atomic E-state index is 11.3. The van der Waals surface area contributed by atoms with Crippen molar-refractivity contribution < 1.29 is 14.3 Å². The number of ether oxygens (including phenoxy) is 1. The minimum Gasteiger partial charge on any atom is -0.465 e. The van der Waals surface area contributed by atoms with Gasteiger partial charge in [-0.15, -0.1) is 0 Å². The molecule has 82 valence electrons. The Bertz CT molecular complexity index is 569. The van der Waals surface area contributed by atoms with Gasteiger partial charge in [-0.25, -0.2) is 4.79 Å². The summed E-state index contributed by atoms with van der Waals surface area (Å²) in [4.78, 5) is 25.3. The third-order valence-electron chi connectivity index (χ3n) is 2.57. The highest BCUT2D eigenvalue weighted by atomic mass is 16.5. The van der Waals surface area contributed by atoms with E-state index in [1.807, 2.05) is 6.92 Å². The van der Waals surface area contributed by atoms with Crippen LogP contribution in [0.2, 0.25) is 0 Å². The van der Waals surface area contributed by atoms with E-state index in [4.69, 9.17) is 0 Å². The molecule has 0 saturated heterocycles. The lowest BCUT2D eigenvalue weighted by Gasteiger charge is -1.99. The number of aryl methyl sites for hydroxylation is 1. The van der Waals surface area contributed by atoms with Crippen LogP contribution in [-0.2, 0) is 4.74 Å². The smallest absolute Gasteiger partial charge is 0.337 e. The summed E-state index contributed by atoms with van der Waals surface area (Å²) >= 11 is 0. The number of nitrogens with one attached hydrogen (secondary N) is 1. The summed E-state index contributed by atoms with van der Waals surface area (Å²) in [6, 6.07) is 5.09. The third-order valence-corrected chi connectivity index (χ3v) is 2.57. The molecule has 1 heterocycles. The van der Waals surface area contributed by atoms with Crippen LogP contribution in [0.3, 0.4) is 0 Å². The third kappa shape index (κ3) is 1.48. The van der Waals surface area contributed by atoms with Crippen LogP contribution in [0.25, 0.3) is 10.9 Å². The van der Waals surface area contributed by atoms with Gasteiger partial charge in [0, 0.05) is 22.2 Å². The number of hydrogen-bond donors (Lipinski definition) is 1. The molecule has 0 aliphatic heterocycles. The van der Waals surface area contributed by atoms with E-state index in [0.717, 1.165) is 22.9 Å². The highest BCUT2D eigenvalue weighted by molar-refractivity contribution is 6.02. The van der Waals surface area contributed by atoms with Crippen LogP contribution in [0.15, 0.2) is 18.2 Å². The predicted octanol–water partition coefficient (Wildman–Crippen LogP) is 2.08. The summed E-state index contributed by atoms with van der Waals surface area (Å²) < 4.78 is 4.63. The van der Waals surface area contributed by atoms with E-state index in [1.54, 1.807) is 18.2 Å². The summed E-state index contributed by atoms with van der Waals surface area (Å²) in [6.45, 7) is 1.82. The highest BCUT2D eigenvalue weighted by Crippen LogP contribution is 2.22. The Kier molecular flexibility index (Phi) is 2.48. The molecular weight excluding hydrogens is 206 g/mol. The average Bonchev–Trinajstić information content (AvgIpc) is 2.62. The maximum Gasteiger partial charge on any atom is 0.337 e. The fourth-order valence-electron chi connectivity index (χ4n) is 1.74. The SMILES string of the molecule is COC(=O)c1ccc2[nH]c(C)c(C=O)c2c1. The molecule has 0 aliphatic rings. The number of aromatic amines is 1. The number of carbonyl (C=O) groups is 2. The molecule has 2 rings (SSSR count). The van der Waals surface area contributed by atoms with Crippen molar-refractivity contribution in [2.45, 2.75) is 6.92 Å². The van der Waals surface area contributed by atoms with Crippen LogP contribution in [-0.4, -0.2) is 24.3 Å². The van der Waals surface area contributed by atoms with Crippen LogP contribution >= 0.6 is 0 Å². The van der Waals surface area contributed by atoms with Gasteiger partial charge in [0.05, 0.1) is 12.7 Å². The molecule has 0 unspecified atom stereocenters. The van der Waals surface area contributed by atoms with E-state index in [9.17, 15) is 9.59 Å². The molecule has 1 aromatic carbocycles. The van der Waals surface area contributed by atoms with Crippen molar-refractivity contribution in [3.8, 4) is 0 Å². The Hall–Kier alpha value is -2.10. The van der Waals surface area contributed by atoms with E-state index < -0.39 is 5.97 Å². The lowest BCUT2D eigenvalue weighted by atomic mass is 10.1. The van der Waals surface area contributed by atoms with Gasteiger partial charge in [0.1, 0.15) is 0 Å². The molecule has 0 saturated carbocycles. The zero-order valence-electron chi connectivity index (χ0n) is 9.03. The summed E-state index contributed by atoms with van der Waals surface area (Å²) in [5.41, 5.74) is 2.66. The van der Waals surface area contributed by atoms with Gasteiger partial charge in [-0.2, -0.15) is 0 Å². The normalized spacial score (nSPS) is 10.4. The molecule has 1 N–H and O–H groups in total. The second-order valence-corrected chi connectivity index (χ2v) is 3.53. The number of H-pyrrole nitrogens is 1. The number of aldehydes is 1. The van der Waals surface area contributed by atoms with Crippen LogP contribution in [0.4, 0.5) is 0 Å². The van der Waals surface area contributed by atoms with Crippen molar-refractivity contribution in [3.05, 3.63) is 35.0 Å². The minimum atomic E-state index is -0.405. The summed E-state index contributed by atoms with van der Waals surface area (Å²) in [7, 11) is 1.33. The van der Waals surface area contributed by atoms with Gasteiger partial charge in [0.15, 0.2) is 6.29 Å². The van der Waals surface area contributed by atoms with Crippen molar-refractivity contribution in [2.75, 3.05) is 7.11 Å². The fraction of sp³-hybridized carbons (Fsp3) is 0.167. The van der Waals surface area contributed by atoms with Gasteiger partial charge in [0.2, 0.25) is 0 Å². The Morgan fingerprint density at radius 2 is 2.19 bits per heavy atom. The first-order chi connectivity index (χ1) is 7.67. The number of rotatable bonds is 2. The number of fused-ring (bicyclic) bond motifs is 1. The molecule has 1 aromatic heterocycles. The molecule has 0 aliphatic carbocycles. The fourth-order valence-corrected chi connectivity index (χ4v) is 1.74. The lowest BCUT2D eigenvalue weighted by molar-refractivity contribution is 0.0601. The zero-order valence-corrected chi connectivity index (χ0v) is 9.03. The number of methoxy groups -OCH3 is 1. The molecule has 4 nitrogen and oxygen atoms in total. The standard InChI is InChI=1S/C12H11NO3/c1-7-10(6-14)9-5-8(12(15)16-2)3-4-11(9)13-7/h3-6,13H,1-2H3. The number of aromatic nitrogens is 1. The van der Waals surface area contributed by atoms with Crippen LogP contribution < -0.4 is 0 Å². The second-order valence-electron chi connectivity index (χ2n) is 3.53. The Balaban J connectivity index is 2.68. The molecule has 0 atom stereocenters. The molecule has 0 bridgehead atoms. The first kappa shape index (κ1) is 10.4. The van der Waals surface area contributed by atoms with E-state index in [1.165, 1.54) is 7.11 Å².